The molecule has 0 aliphatic heterocycles. The van der Waals surface area contributed by atoms with Crippen molar-refractivity contribution in [2.75, 3.05) is 25.1 Å². The van der Waals surface area contributed by atoms with Gasteiger partial charge in [0.1, 0.15) is 11.3 Å². The predicted molar refractivity (Wildman–Crippen MR) is 76.1 cm³/mol. The average molecular weight is 333 g/mol. The van der Waals surface area contributed by atoms with Gasteiger partial charge >= 0.3 is 12.5 Å². The highest BCUT2D eigenvalue weighted by Crippen LogP contribution is 2.29. The summed E-state index contributed by atoms with van der Waals surface area (Å²) in [6.07, 6.45) is 1.77. The molecule has 120 valence electrons. The van der Waals surface area contributed by atoms with Crippen LogP contribution in [0.5, 0.6) is 6.01 Å². The van der Waals surface area contributed by atoms with E-state index in [4.69, 9.17) is 26.9 Å². The second-order valence-electron chi connectivity index (χ2n) is 4.40. The Morgan fingerprint density at radius 3 is 2.77 bits per heavy atom. The maximum atomic E-state index is 14.1. The van der Waals surface area contributed by atoms with Gasteiger partial charge < -0.3 is 25.0 Å². The minimum absolute atomic E-state index is 0.0233. The molecular formula is C12H14ClFN4O4. The minimum Gasteiger partial charge on any atom is -0.408 e. The van der Waals surface area contributed by atoms with Crippen LogP contribution in [0.4, 0.5) is 10.2 Å². The molecule has 0 saturated heterocycles. The molecule has 0 spiro atoms. The van der Waals surface area contributed by atoms with Crippen molar-refractivity contribution in [3.05, 3.63) is 17.2 Å². The number of aliphatic hydroxyl groups excluding tert-OH is 2. The summed E-state index contributed by atoms with van der Waals surface area (Å²) >= 11 is 5.63. The number of anilines is 1. The molecule has 0 radical (unpaired) electrons. The van der Waals surface area contributed by atoms with Gasteiger partial charge in [0.25, 0.3) is 0 Å². The summed E-state index contributed by atoms with van der Waals surface area (Å²) in [5, 5.41) is 26.5. The monoisotopic (exact) mass is 332 g/mol. The lowest BCUT2D eigenvalue weighted by atomic mass is 10.2. The van der Waals surface area contributed by atoms with E-state index < -0.39 is 18.3 Å². The summed E-state index contributed by atoms with van der Waals surface area (Å²) in [6.45, 7) is -1.74. The lowest BCUT2D eigenvalue weighted by molar-refractivity contribution is -0.183. The fourth-order valence-corrected chi connectivity index (χ4v) is 1.99. The molecule has 2 rings (SSSR count). The van der Waals surface area contributed by atoms with Gasteiger partial charge in [-0.3, -0.25) is 0 Å². The number of ether oxygens (including phenoxy) is 1. The minimum atomic E-state index is -2.14. The molecule has 8 nitrogen and oxygen atoms in total. The van der Waals surface area contributed by atoms with Crippen LogP contribution in [0.3, 0.4) is 0 Å². The van der Waals surface area contributed by atoms with Gasteiger partial charge in [-0.1, -0.05) is 11.6 Å². The molecule has 0 aliphatic carbocycles. The Hall–Kier alpha value is -1.81. The molecule has 2 aromatic heterocycles. The number of halogens is 2. The first-order valence-electron chi connectivity index (χ1n) is 6.30. The van der Waals surface area contributed by atoms with Gasteiger partial charge in [-0.15, -0.1) is 0 Å². The van der Waals surface area contributed by atoms with Crippen molar-refractivity contribution in [1.29, 1.82) is 0 Å². The number of pyridine rings is 1. The third-order valence-electron chi connectivity index (χ3n) is 2.83. The molecule has 0 atom stereocenters. The third-order valence-corrected chi connectivity index (χ3v) is 3.09. The van der Waals surface area contributed by atoms with Crippen LogP contribution in [0.25, 0.3) is 10.9 Å². The molecule has 2 heterocycles. The quantitative estimate of drug-likeness (QED) is 0.511. The van der Waals surface area contributed by atoms with Crippen LogP contribution in [0.1, 0.15) is 6.42 Å². The van der Waals surface area contributed by atoms with Crippen molar-refractivity contribution >= 4 is 28.3 Å². The van der Waals surface area contributed by atoms with Gasteiger partial charge in [0.15, 0.2) is 11.0 Å². The van der Waals surface area contributed by atoms with Crippen molar-refractivity contribution in [2.24, 2.45) is 0 Å². The molecular weight excluding hydrogens is 319 g/mol. The van der Waals surface area contributed by atoms with Crippen LogP contribution in [0, 0.1) is 5.82 Å². The van der Waals surface area contributed by atoms with Gasteiger partial charge in [0, 0.05) is 26.4 Å². The summed E-state index contributed by atoms with van der Waals surface area (Å²) in [4.78, 5) is 13.1. The van der Waals surface area contributed by atoms with Gasteiger partial charge in [0.05, 0.1) is 5.39 Å². The zero-order valence-electron chi connectivity index (χ0n) is 11.6. The van der Waals surface area contributed by atoms with E-state index in [9.17, 15) is 4.39 Å². The van der Waals surface area contributed by atoms with E-state index >= 15 is 0 Å². The third kappa shape index (κ3) is 3.50. The lowest BCUT2D eigenvalue weighted by Crippen LogP contribution is -2.22. The van der Waals surface area contributed by atoms with Crippen molar-refractivity contribution in [3.63, 3.8) is 0 Å². The Morgan fingerprint density at radius 1 is 1.41 bits per heavy atom. The van der Waals surface area contributed by atoms with Crippen molar-refractivity contribution < 1.29 is 24.4 Å². The Balaban J connectivity index is 2.58. The van der Waals surface area contributed by atoms with E-state index in [1.807, 2.05) is 0 Å². The van der Waals surface area contributed by atoms with Crippen LogP contribution in [-0.4, -0.2) is 56.9 Å². The first-order chi connectivity index (χ1) is 10.4. The van der Waals surface area contributed by atoms with Gasteiger partial charge in [-0.2, -0.15) is 9.97 Å². The molecule has 0 saturated carbocycles. The highest BCUT2D eigenvalue weighted by molar-refractivity contribution is 6.30. The number of fused-ring (bicyclic) bond motifs is 1. The van der Waals surface area contributed by atoms with E-state index in [0.717, 1.165) is 0 Å². The van der Waals surface area contributed by atoms with E-state index in [0.29, 0.717) is 13.0 Å². The average Bonchev–Trinajstić information content (AvgIpc) is 2.47. The molecule has 0 unspecified atom stereocenters. The van der Waals surface area contributed by atoms with Crippen LogP contribution < -0.4 is 9.64 Å². The van der Waals surface area contributed by atoms with Crippen LogP contribution in [0.15, 0.2) is 6.20 Å². The summed E-state index contributed by atoms with van der Waals surface area (Å²) < 4.78 is 18.7. The van der Waals surface area contributed by atoms with E-state index in [1.165, 1.54) is 6.20 Å². The summed E-state index contributed by atoms with van der Waals surface area (Å²) in [7, 11) is 1.67. The van der Waals surface area contributed by atoms with Gasteiger partial charge in [-0.05, 0) is 6.42 Å². The highest BCUT2D eigenvalue weighted by Gasteiger charge is 2.18. The van der Waals surface area contributed by atoms with E-state index in [2.05, 4.69) is 19.7 Å². The van der Waals surface area contributed by atoms with Crippen LogP contribution in [-0.2, 0) is 0 Å². The molecule has 0 aromatic carbocycles. The zero-order chi connectivity index (χ0) is 16.3. The van der Waals surface area contributed by atoms with Crippen molar-refractivity contribution in [2.45, 2.75) is 12.9 Å². The second kappa shape index (κ2) is 6.97. The largest absolute Gasteiger partial charge is 0.408 e. The molecule has 22 heavy (non-hydrogen) atoms. The number of rotatable bonds is 6. The van der Waals surface area contributed by atoms with E-state index in [1.54, 1.807) is 11.9 Å². The van der Waals surface area contributed by atoms with Crippen molar-refractivity contribution in [1.82, 2.24) is 15.0 Å². The summed E-state index contributed by atoms with van der Waals surface area (Å²) in [5.41, 5.74) is -0.156. The molecule has 3 N–H and O–H groups in total. The molecule has 0 fully saturated rings. The Kier molecular flexibility index (Phi) is 5.24. The highest BCUT2D eigenvalue weighted by atomic mass is 35.5. The Bertz CT molecular complexity index is 673. The Labute approximate surface area is 129 Å². The summed E-state index contributed by atoms with van der Waals surface area (Å²) in [5.74, 6) is -0.604. The number of aromatic nitrogens is 3. The van der Waals surface area contributed by atoms with Crippen molar-refractivity contribution in [3.8, 4) is 6.01 Å². The smallest absolute Gasteiger partial charge is 0.323 e. The zero-order valence-corrected chi connectivity index (χ0v) is 12.3. The Morgan fingerprint density at radius 2 is 2.14 bits per heavy atom. The number of nitrogens with zero attached hydrogens (tertiary/aromatic N) is 4. The topological polar surface area (TPSA) is 112 Å². The van der Waals surface area contributed by atoms with E-state index in [-0.39, 0.29) is 28.5 Å². The number of aliphatic hydroxyl groups is 3. The number of hydrogen-bond donors (Lipinski definition) is 3. The molecule has 0 bridgehead atoms. The second-order valence-corrected chi connectivity index (χ2v) is 4.76. The first-order valence-corrected chi connectivity index (χ1v) is 6.68. The fraction of sp³-hybridized carbons (Fsp3) is 0.417. The molecule has 0 aliphatic rings. The number of hydrogen-bond acceptors (Lipinski definition) is 8. The maximum Gasteiger partial charge on any atom is 0.323 e. The van der Waals surface area contributed by atoms with Crippen LogP contribution in [0.2, 0.25) is 5.15 Å². The molecule has 2 aromatic rings. The fourth-order valence-electron chi connectivity index (χ4n) is 1.85. The standard InChI is InChI=1S/C12H14ClFN4O4/c1-18(3-2-4-19)10-6-5-15-9(13)7(14)8(6)16-11(17-10)22-12(20)21/h5,12,19-21H,2-4H2,1H3. The van der Waals surface area contributed by atoms with Crippen LogP contribution >= 0.6 is 11.6 Å². The first kappa shape index (κ1) is 16.6. The van der Waals surface area contributed by atoms with Gasteiger partial charge in [-0.25, -0.2) is 9.37 Å². The molecule has 0 amide bonds. The predicted octanol–water partition coefficient (Wildman–Crippen LogP) is 0.283. The molecule has 10 heteroatoms. The van der Waals surface area contributed by atoms with Gasteiger partial charge in [0.2, 0.25) is 0 Å². The lowest BCUT2D eigenvalue weighted by Gasteiger charge is -2.20. The summed E-state index contributed by atoms with van der Waals surface area (Å²) in [6, 6.07) is -0.422. The maximum absolute atomic E-state index is 14.1. The normalized spacial score (nSPS) is 11.2. The SMILES string of the molecule is CN(CCCO)c1nc(OC(O)O)nc2c(F)c(Cl)ncc12.